The summed E-state index contributed by atoms with van der Waals surface area (Å²) in [6, 6.07) is 10.5. The second-order valence-corrected chi connectivity index (χ2v) is 9.78. The number of carbonyl (C=O) groups is 1. The number of benzene rings is 2. The quantitative estimate of drug-likeness (QED) is 0.327. The Morgan fingerprint density at radius 2 is 1.85 bits per heavy atom. The molecule has 12 heteroatoms. The standard InChI is InChI=1S/C21H21N5O6S/c1-13-2-5-16(6-3-13)33(31,32)25-10-8-14(9-11-25)20(27)24-23-19-17-12-15(26(29)30)4-7-18(17)22-21(19)28/h2-7,12,14,22,28H,8-11H2,1H3. The molecule has 1 amide bonds. The maximum atomic E-state index is 12.8. The molecule has 0 aliphatic carbocycles. The maximum Gasteiger partial charge on any atom is 0.270 e. The van der Waals surface area contributed by atoms with E-state index in [-0.39, 0.29) is 53.5 Å². The normalized spacial score (nSPS) is 15.9. The van der Waals surface area contributed by atoms with E-state index >= 15 is 0 Å². The number of fused-ring (bicyclic) bond motifs is 1. The average Bonchev–Trinajstić information content (AvgIpc) is 3.11. The number of azo groups is 1. The Labute approximate surface area is 189 Å². The van der Waals surface area contributed by atoms with Crippen LogP contribution in [0, 0.1) is 23.0 Å². The topological polar surface area (TPSA) is 158 Å². The molecule has 2 heterocycles. The highest BCUT2D eigenvalue weighted by atomic mass is 32.2. The first-order valence-electron chi connectivity index (χ1n) is 10.2. The molecular weight excluding hydrogens is 450 g/mol. The monoisotopic (exact) mass is 471 g/mol. The maximum absolute atomic E-state index is 12.8. The Morgan fingerprint density at radius 1 is 1.18 bits per heavy atom. The minimum Gasteiger partial charge on any atom is -0.493 e. The molecule has 1 aromatic heterocycles. The van der Waals surface area contributed by atoms with Crippen molar-refractivity contribution in [3.63, 3.8) is 0 Å². The fourth-order valence-electron chi connectivity index (χ4n) is 3.75. The van der Waals surface area contributed by atoms with Crippen LogP contribution >= 0.6 is 0 Å². The molecule has 1 saturated heterocycles. The highest BCUT2D eigenvalue weighted by Crippen LogP contribution is 2.37. The van der Waals surface area contributed by atoms with Crippen molar-refractivity contribution in [1.29, 1.82) is 0 Å². The van der Waals surface area contributed by atoms with Gasteiger partial charge in [-0.15, -0.1) is 10.2 Å². The lowest BCUT2D eigenvalue weighted by atomic mass is 9.98. The number of hydrogen-bond donors (Lipinski definition) is 2. The number of hydrogen-bond acceptors (Lipinski definition) is 7. The molecule has 3 aromatic rings. The molecule has 0 saturated carbocycles. The number of amides is 1. The van der Waals surface area contributed by atoms with Crippen LogP contribution in [0.4, 0.5) is 11.4 Å². The van der Waals surface area contributed by atoms with Crippen LogP contribution in [0.25, 0.3) is 10.9 Å². The second kappa shape index (κ2) is 8.71. The van der Waals surface area contributed by atoms with E-state index in [1.54, 1.807) is 24.3 Å². The Kier molecular flexibility index (Phi) is 5.95. The van der Waals surface area contributed by atoms with Gasteiger partial charge in [0.15, 0.2) is 5.69 Å². The zero-order valence-electron chi connectivity index (χ0n) is 17.6. The smallest absolute Gasteiger partial charge is 0.270 e. The summed E-state index contributed by atoms with van der Waals surface area (Å²) < 4.78 is 27.0. The van der Waals surface area contributed by atoms with E-state index in [1.165, 1.54) is 22.5 Å². The van der Waals surface area contributed by atoms with Crippen molar-refractivity contribution in [1.82, 2.24) is 9.29 Å². The first-order valence-corrected chi connectivity index (χ1v) is 11.6. The number of aromatic nitrogens is 1. The molecule has 172 valence electrons. The number of rotatable bonds is 5. The Morgan fingerprint density at radius 3 is 2.48 bits per heavy atom. The molecule has 0 atom stereocenters. The van der Waals surface area contributed by atoms with Crippen LogP contribution in [0.3, 0.4) is 0 Å². The van der Waals surface area contributed by atoms with E-state index in [4.69, 9.17) is 0 Å². The summed E-state index contributed by atoms with van der Waals surface area (Å²) in [5.74, 6) is -1.41. The summed E-state index contributed by atoms with van der Waals surface area (Å²) in [4.78, 5) is 25.8. The summed E-state index contributed by atoms with van der Waals surface area (Å²) in [5.41, 5.74) is 1.11. The number of nitrogens with zero attached hydrogens (tertiary/aromatic N) is 4. The van der Waals surface area contributed by atoms with Gasteiger partial charge in [-0.25, -0.2) is 8.42 Å². The summed E-state index contributed by atoms with van der Waals surface area (Å²) >= 11 is 0. The van der Waals surface area contributed by atoms with E-state index in [0.29, 0.717) is 5.52 Å². The molecular formula is C21H21N5O6S. The van der Waals surface area contributed by atoms with Crippen molar-refractivity contribution in [3.05, 3.63) is 58.1 Å². The molecule has 1 aliphatic heterocycles. The third kappa shape index (κ3) is 4.47. The fourth-order valence-corrected chi connectivity index (χ4v) is 5.22. The number of nitro benzene ring substituents is 1. The van der Waals surface area contributed by atoms with Crippen molar-refractivity contribution >= 4 is 38.2 Å². The number of sulfonamides is 1. The molecule has 2 aromatic carbocycles. The van der Waals surface area contributed by atoms with Crippen LogP contribution in [-0.4, -0.2) is 46.7 Å². The average molecular weight is 471 g/mol. The van der Waals surface area contributed by atoms with Crippen molar-refractivity contribution < 1.29 is 23.2 Å². The van der Waals surface area contributed by atoms with Gasteiger partial charge in [0, 0.05) is 36.5 Å². The van der Waals surface area contributed by atoms with Gasteiger partial charge in [-0.1, -0.05) is 17.7 Å². The molecule has 0 spiro atoms. The number of aryl methyl sites for hydroxylation is 1. The minimum atomic E-state index is -3.64. The van der Waals surface area contributed by atoms with Crippen molar-refractivity contribution in [2.75, 3.05) is 13.1 Å². The molecule has 2 N–H and O–H groups in total. The molecule has 11 nitrogen and oxygen atoms in total. The highest BCUT2D eigenvalue weighted by molar-refractivity contribution is 7.89. The lowest BCUT2D eigenvalue weighted by Crippen LogP contribution is -2.39. The van der Waals surface area contributed by atoms with E-state index in [2.05, 4.69) is 15.2 Å². The zero-order valence-corrected chi connectivity index (χ0v) is 18.4. The van der Waals surface area contributed by atoms with Crippen molar-refractivity contribution in [2.45, 2.75) is 24.7 Å². The third-order valence-electron chi connectivity index (χ3n) is 5.66. The van der Waals surface area contributed by atoms with Gasteiger partial charge in [0.05, 0.1) is 15.3 Å². The van der Waals surface area contributed by atoms with Gasteiger partial charge in [-0.2, -0.15) is 4.31 Å². The summed E-state index contributed by atoms with van der Waals surface area (Å²) in [7, 11) is -3.64. The summed E-state index contributed by atoms with van der Waals surface area (Å²) in [5, 5.41) is 28.9. The largest absolute Gasteiger partial charge is 0.493 e. The van der Waals surface area contributed by atoms with Gasteiger partial charge in [0.25, 0.3) is 11.6 Å². The molecule has 0 unspecified atom stereocenters. The van der Waals surface area contributed by atoms with Crippen LogP contribution in [0.5, 0.6) is 5.88 Å². The molecule has 4 rings (SSSR count). The van der Waals surface area contributed by atoms with E-state index < -0.39 is 26.8 Å². The SMILES string of the molecule is Cc1ccc(S(=O)(=O)N2CCC(C(=O)N=Nc3c(O)[nH]c4ccc([N+](=O)[O-])cc34)CC2)cc1. The van der Waals surface area contributed by atoms with E-state index in [0.717, 1.165) is 5.56 Å². The number of carbonyl (C=O) groups excluding carboxylic acids is 1. The molecule has 0 bridgehead atoms. The number of aromatic amines is 1. The van der Waals surface area contributed by atoms with Crippen LogP contribution in [0.15, 0.2) is 57.6 Å². The Balaban J connectivity index is 1.45. The van der Waals surface area contributed by atoms with Crippen molar-refractivity contribution in [2.24, 2.45) is 16.1 Å². The van der Waals surface area contributed by atoms with Crippen molar-refractivity contribution in [3.8, 4) is 5.88 Å². The Hall–Kier alpha value is -3.64. The number of nitro groups is 1. The van der Waals surface area contributed by atoms with Gasteiger partial charge >= 0.3 is 0 Å². The van der Waals surface area contributed by atoms with Crippen LogP contribution < -0.4 is 0 Å². The Bertz CT molecular complexity index is 1360. The summed E-state index contributed by atoms with van der Waals surface area (Å²) in [6.45, 7) is 2.22. The molecule has 0 radical (unpaired) electrons. The number of non-ortho nitro benzene ring substituents is 1. The predicted molar refractivity (Wildman–Crippen MR) is 119 cm³/mol. The lowest BCUT2D eigenvalue weighted by Gasteiger charge is -2.29. The fraction of sp³-hybridized carbons (Fsp3) is 0.286. The predicted octanol–water partition coefficient (Wildman–Crippen LogP) is 3.80. The highest BCUT2D eigenvalue weighted by Gasteiger charge is 2.32. The number of piperidine rings is 1. The number of H-pyrrole nitrogens is 1. The second-order valence-electron chi connectivity index (χ2n) is 7.84. The van der Waals surface area contributed by atoms with Crippen LogP contribution in [-0.2, 0) is 14.8 Å². The van der Waals surface area contributed by atoms with E-state index in [9.17, 15) is 28.4 Å². The number of aromatic hydroxyl groups is 1. The van der Waals surface area contributed by atoms with Crippen LogP contribution in [0.1, 0.15) is 18.4 Å². The van der Waals surface area contributed by atoms with E-state index in [1.807, 2.05) is 6.92 Å². The van der Waals surface area contributed by atoms with Crippen LogP contribution in [0.2, 0.25) is 0 Å². The molecule has 33 heavy (non-hydrogen) atoms. The van der Waals surface area contributed by atoms with Gasteiger partial charge in [0.2, 0.25) is 15.9 Å². The van der Waals surface area contributed by atoms with Gasteiger partial charge in [0.1, 0.15) is 0 Å². The molecule has 1 fully saturated rings. The zero-order chi connectivity index (χ0) is 23.8. The summed E-state index contributed by atoms with van der Waals surface area (Å²) in [6.07, 6.45) is 0.572. The minimum absolute atomic E-state index is 0.0681. The number of nitrogens with one attached hydrogen (secondary N) is 1. The first kappa shape index (κ1) is 22.6. The molecule has 1 aliphatic rings. The lowest BCUT2D eigenvalue weighted by molar-refractivity contribution is -0.384. The van der Waals surface area contributed by atoms with Gasteiger partial charge in [-0.3, -0.25) is 14.9 Å². The third-order valence-corrected chi connectivity index (χ3v) is 7.57. The van der Waals surface area contributed by atoms with Gasteiger partial charge < -0.3 is 10.1 Å². The first-order chi connectivity index (χ1) is 15.7. The van der Waals surface area contributed by atoms with Gasteiger partial charge in [-0.05, 0) is 38.0 Å².